The van der Waals surface area contributed by atoms with Gasteiger partial charge in [-0.05, 0) is 24.1 Å². The standard InChI is InChI=1S/C13H11N3O2/c14-9-11-5-7-15-13(16-11)18-12-4-2-1-3-10(12)6-8-17/h1-5,7,17H,6,8H2. The Balaban J connectivity index is 2.25. The van der Waals surface area contributed by atoms with E-state index in [1.165, 1.54) is 12.3 Å². The SMILES string of the molecule is N#Cc1ccnc(Oc2ccccc2CCO)n1. The number of nitrogens with zero attached hydrogens (tertiary/aromatic N) is 3. The summed E-state index contributed by atoms with van der Waals surface area (Å²) in [6.07, 6.45) is 1.96. The van der Waals surface area contributed by atoms with Crippen LogP contribution in [0.4, 0.5) is 0 Å². The van der Waals surface area contributed by atoms with Gasteiger partial charge in [-0.2, -0.15) is 10.2 Å². The van der Waals surface area contributed by atoms with Crippen molar-refractivity contribution in [2.75, 3.05) is 6.61 Å². The summed E-state index contributed by atoms with van der Waals surface area (Å²) in [4.78, 5) is 7.87. The van der Waals surface area contributed by atoms with E-state index in [0.29, 0.717) is 12.2 Å². The number of nitriles is 1. The maximum atomic E-state index is 8.96. The molecule has 5 nitrogen and oxygen atoms in total. The van der Waals surface area contributed by atoms with Crippen LogP contribution in [0, 0.1) is 11.3 Å². The molecule has 2 aromatic rings. The highest BCUT2D eigenvalue weighted by Gasteiger charge is 2.06. The van der Waals surface area contributed by atoms with E-state index in [4.69, 9.17) is 15.1 Å². The van der Waals surface area contributed by atoms with Gasteiger partial charge in [0.05, 0.1) is 0 Å². The molecule has 0 aliphatic rings. The van der Waals surface area contributed by atoms with Crippen LogP contribution in [0.15, 0.2) is 36.5 Å². The minimum Gasteiger partial charge on any atom is -0.424 e. The summed E-state index contributed by atoms with van der Waals surface area (Å²) in [5.74, 6) is 0.585. The molecule has 0 fully saturated rings. The van der Waals surface area contributed by atoms with E-state index in [0.717, 1.165) is 5.56 Å². The zero-order valence-corrected chi connectivity index (χ0v) is 9.58. The molecule has 0 bridgehead atoms. The van der Waals surface area contributed by atoms with Gasteiger partial charge in [0.2, 0.25) is 0 Å². The summed E-state index contributed by atoms with van der Waals surface area (Å²) in [7, 11) is 0. The van der Waals surface area contributed by atoms with Crippen LogP contribution in [0.25, 0.3) is 0 Å². The third-order valence-electron chi connectivity index (χ3n) is 2.30. The number of aliphatic hydroxyl groups is 1. The Bertz CT molecular complexity index is 578. The second kappa shape index (κ2) is 5.75. The van der Waals surface area contributed by atoms with E-state index in [-0.39, 0.29) is 18.3 Å². The molecule has 0 aliphatic heterocycles. The molecule has 18 heavy (non-hydrogen) atoms. The first-order chi connectivity index (χ1) is 8.83. The second-order valence-electron chi connectivity index (χ2n) is 3.52. The molecule has 0 saturated heterocycles. The Morgan fingerprint density at radius 3 is 2.89 bits per heavy atom. The van der Waals surface area contributed by atoms with E-state index in [1.807, 2.05) is 24.3 Å². The number of rotatable bonds is 4. The van der Waals surface area contributed by atoms with Gasteiger partial charge >= 0.3 is 6.01 Å². The highest BCUT2D eigenvalue weighted by atomic mass is 16.5. The minimum atomic E-state index is 0.0411. The smallest absolute Gasteiger partial charge is 0.323 e. The van der Waals surface area contributed by atoms with Crippen molar-refractivity contribution < 1.29 is 9.84 Å². The predicted molar refractivity (Wildman–Crippen MR) is 64.1 cm³/mol. The number of hydrogen-bond acceptors (Lipinski definition) is 5. The van der Waals surface area contributed by atoms with Crippen LogP contribution >= 0.6 is 0 Å². The number of hydrogen-bond donors (Lipinski definition) is 1. The molecule has 90 valence electrons. The van der Waals surface area contributed by atoms with Crippen molar-refractivity contribution in [2.24, 2.45) is 0 Å². The Labute approximate surface area is 104 Å². The van der Waals surface area contributed by atoms with Crippen LogP contribution < -0.4 is 4.74 Å². The Hall–Kier alpha value is -2.45. The van der Waals surface area contributed by atoms with E-state index < -0.39 is 0 Å². The van der Waals surface area contributed by atoms with Gasteiger partial charge in [0.25, 0.3) is 0 Å². The predicted octanol–water partition coefficient (Wildman–Crippen LogP) is 1.68. The lowest BCUT2D eigenvalue weighted by molar-refractivity contribution is 0.297. The lowest BCUT2D eigenvalue weighted by atomic mass is 10.1. The topological polar surface area (TPSA) is 79.0 Å². The summed E-state index contributed by atoms with van der Waals surface area (Å²) in [6, 6.07) is 10.9. The summed E-state index contributed by atoms with van der Waals surface area (Å²) in [5.41, 5.74) is 1.12. The van der Waals surface area contributed by atoms with Gasteiger partial charge in [0.15, 0.2) is 0 Å². The van der Waals surface area contributed by atoms with Gasteiger partial charge in [0.1, 0.15) is 17.5 Å². The molecule has 1 aromatic heterocycles. The largest absolute Gasteiger partial charge is 0.424 e. The van der Waals surface area contributed by atoms with Crippen LogP contribution in [0.5, 0.6) is 11.8 Å². The summed E-state index contributed by atoms with van der Waals surface area (Å²) in [6.45, 7) is 0.0411. The zero-order valence-electron chi connectivity index (χ0n) is 9.58. The Morgan fingerprint density at radius 1 is 1.28 bits per heavy atom. The number of ether oxygens (including phenoxy) is 1. The lowest BCUT2D eigenvalue weighted by Crippen LogP contribution is -1.98. The van der Waals surface area contributed by atoms with Gasteiger partial charge in [0, 0.05) is 12.8 Å². The number of benzene rings is 1. The normalized spacial score (nSPS) is 9.78. The average molecular weight is 241 g/mol. The highest BCUT2D eigenvalue weighted by molar-refractivity contribution is 5.35. The maximum absolute atomic E-state index is 8.96. The summed E-state index contributed by atoms with van der Waals surface area (Å²) < 4.78 is 5.52. The molecule has 1 aromatic carbocycles. The fourth-order valence-electron chi connectivity index (χ4n) is 1.48. The molecule has 0 radical (unpaired) electrons. The molecule has 0 spiro atoms. The quantitative estimate of drug-likeness (QED) is 0.880. The highest BCUT2D eigenvalue weighted by Crippen LogP contribution is 2.22. The molecular weight excluding hydrogens is 230 g/mol. The maximum Gasteiger partial charge on any atom is 0.323 e. The fourth-order valence-corrected chi connectivity index (χ4v) is 1.48. The third kappa shape index (κ3) is 2.81. The first kappa shape index (κ1) is 12.0. The fraction of sp³-hybridized carbons (Fsp3) is 0.154. The molecule has 1 N–H and O–H groups in total. The van der Waals surface area contributed by atoms with E-state index in [2.05, 4.69) is 9.97 Å². The van der Waals surface area contributed by atoms with Crippen LogP contribution in [0.1, 0.15) is 11.3 Å². The molecule has 0 atom stereocenters. The molecule has 2 rings (SSSR count). The molecule has 0 aliphatic carbocycles. The monoisotopic (exact) mass is 241 g/mol. The van der Waals surface area contributed by atoms with Crippen molar-refractivity contribution in [3.8, 4) is 17.8 Å². The number of aromatic nitrogens is 2. The lowest BCUT2D eigenvalue weighted by Gasteiger charge is -2.08. The van der Waals surface area contributed by atoms with Gasteiger partial charge < -0.3 is 9.84 Å². The van der Waals surface area contributed by atoms with Crippen molar-refractivity contribution in [1.29, 1.82) is 5.26 Å². The van der Waals surface area contributed by atoms with Gasteiger partial charge in [-0.15, -0.1) is 0 Å². The van der Waals surface area contributed by atoms with Crippen molar-refractivity contribution in [3.63, 3.8) is 0 Å². The van der Waals surface area contributed by atoms with Crippen molar-refractivity contribution in [3.05, 3.63) is 47.8 Å². The summed E-state index contributed by atoms with van der Waals surface area (Å²) >= 11 is 0. The minimum absolute atomic E-state index is 0.0411. The third-order valence-corrected chi connectivity index (χ3v) is 2.30. The molecule has 0 amide bonds. The van der Waals surface area contributed by atoms with E-state index >= 15 is 0 Å². The Morgan fingerprint density at radius 2 is 2.11 bits per heavy atom. The van der Waals surface area contributed by atoms with Gasteiger partial charge in [-0.3, -0.25) is 0 Å². The molecule has 0 unspecified atom stereocenters. The molecular formula is C13H11N3O2. The average Bonchev–Trinajstić information content (AvgIpc) is 2.41. The molecule has 0 saturated carbocycles. The first-order valence-corrected chi connectivity index (χ1v) is 5.43. The molecule has 1 heterocycles. The van der Waals surface area contributed by atoms with Gasteiger partial charge in [-0.1, -0.05) is 18.2 Å². The Kier molecular flexibility index (Phi) is 3.84. The second-order valence-corrected chi connectivity index (χ2v) is 3.52. The summed E-state index contributed by atoms with van der Waals surface area (Å²) in [5, 5.41) is 17.7. The van der Waals surface area contributed by atoms with Crippen LogP contribution in [-0.4, -0.2) is 21.7 Å². The van der Waals surface area contributed by atoms with Crippen LogP contribution in [-0.2, 0) is 6.42 Å². The zero-order chi connectivity index (χ0) is 12.8. The van der Waals surface area contributed by atoms with Crippen LogP contribution in [0.2, 0.25) is 0 Å². The van der Waals surface area contributed by atoms with E-state index in [1.54, 1.807) is 6.07 Å². The van der Waals surface area contributed by atoms with Crippen molar-refractivity contribution >= 4 is 0 Å². The van der Waals surface area contributed by atoms with Gasteiger partial charge in [-0.25, -0.2) is 4.98 Å². The number of aliphatic hydroxyl groups excluding tert-OH is 1. The first-order valence-electron chi connectivity index (χ1n) is 5.43. The van der Waals surface area contributed by atoms with Crippen molar-refractivity contribution in [2.45, 2.75) is 6.42 Å². The molecule has 5 heteroatoms. The van der Waals surface area contributed by atoms with E-state index in [9.17, 15) is 0 Å². The number of para-hydroxylation sites is 1. The van der Waals surface area contributed by atoms with Crippen LogP contribution in [0.3, 0.4) is 0 Å². The van der Waals surface area contributed by atoms with Crippen molar-refractivity contribution in [1.82, 2.24) is 9.97 Å².